The van der Waals surface area contributed by atoms with Crippen molar-refractivity contribution in [3.8, 4) is 11.8 Å². The number of aromatic nitrogens is 5. The van der Waals surface area contributed by atoms with Gasteiger partial charge < -0.3 is 16.0 Å². The van der Waals surface area contributed by atoms with E-state index in [9.17, 15) is 23.2 Å². The summed E-state index contributed by atoms with van der Waals surface area (Å²) in [6.07, 6.45) is 3.41. The van der Waals surface area contributed by atoms with E-state index in [2.05, 4.69) is 53.1 Å². The fourth-order valence-corrected chi connectivity index (χ4v) is 4.66. The summed E-state index contributed by atoms with van der Waals surface area (Å²) in [6, 6.07) is 5.38. The van der Waals surface area contributed by atoms with E-state index < -0.39 is 35.8 Å². The van der Waals surface area contributed by atoms with E-state index in [0.29, 0.717) is 26.6 Å². The van der Waals surface area contributed by atoms with Crippen LogP contribution in [0.5, 0.6) is 0 Å². The summed E-state index contributed by atoms with van der Waals surface area (Å²) in [5.74, 6) is 3.09. The maximum atomic E-state index is 14.4. The molecule has 0 unspecified atom stereocenters. The molecule has 1 aliphatic heterocycles. The minimum Gasteiger partial charge on any atom is -0.364 e. The van der Waals surface area contributed by atoms with E-state index in [4.69, 9.17) is 5.73 Å². The van der Waals surface area contributed by atoms with Gasteiger partial charge in [0, 0.05) is 28.0 Å². The zero-order chi connectivity index (χ0) is 28.4. The molecule has 0 saturated carbocycles. The highest BCUT2D eigenvalue weighted by molar-refractivity contribution is 9.10. The van der Waals surface area contributed by atoms with E-state index in [-0.39, 0.29) is 31.0 Å². The van der Waals surface area contributed by atoms with Crippen LogP contribution in [0, 0.1) is 17.7 Å². The van der Waals surface area contributed by atoms with E-state index in [1.54, 1.807) is 30.5 Å². The van der Waals surface area contributed by atoms with Gasteiger partial charge in [-0.25, -0.2) is 18.7 Å². The summed E-state index contributed by atoms with van der Waals surface area (Å²) < 4.78 is 29.3. The molecule has 40 heavy (non-hydrogen) atoms. The van der Waals surface area contributed by atoms with Crippen LogP contribution in [0.25, 0.3) is 10.9 Å². The van der Waals surface area contributed by atoms with Crippen LogP contribution in [0.1, 0.15) is 28.3 Å². The normalized spacial score (nSPS) is 16.4. The largest absolute Gasteiger partial charge is 0.364 e. The van der Waals surface area contributed by atoms with E-state index in [1.165, 1.54) is 10.9 Å². The average Bonchev–Trinajstić information content (AvgIpc) is 3.49. The highest BCUT2D eigenvalue weighted by Crippen LogP contribution is 2.25. The number of amides is 3. The third-order valence-corrected chi connectivity index (χ3v) is 6.49. The fourth-order valence-electron chi connectivity index (χ4n) is 4.30. The molecule has 3 aromatic heterocycles. The molecule has 1 saturated heterocycles. The van der Waals surface area contributed by atoms with E-state index in [1.807, 2.05) is 0 Å². The molecule has 4 heterocycles. The second-order valence-electron chi connectivity index (χ2n) is 8.85. The Morgan fingerprint density at radius 1 is 1.12 bits per heavy atom. The molecule has 0 spiro atoms. The second kappa shape index (κ2) is 11.1. The van der Waals surface area contributed by atoms with Crippen molar-refractivity contribution in [2.75, 3.05) is 11.9 Å². The van der Waals surface area contributed by atoms with Crippen molar-refractivity contribution in [3.05, 3.63) is 76.4 Å². The smallest absolute Gasteiger partial charge is 0.269 e. The summed E-state index contributed by atoms with van der Waals surface area (Å²) in [7, 11) is 0. The van der Waals surface area contributed by atoms with E-state index in [0.717, 1.165) is 17.3 Å². The third-order valence-electron chi connectivity index (χ3n) is 6.05. The molecule has 11 nitrogen and oxygen atoms in total. The van der Waals surface area contributed by atoms with Gasteiger partial charge in [-0.15, -0.1) is 0 Å². The Labute approximate surface area is 233 Å². The summed E-state index contributed by atoms with van der Waals surface area (Å²) in [5.41, 5.74) is 6.70. The number of nitrogens with one attached hydrogen (secondary N) is 1. The highest BCUT2D eigenvalue weighted by atomic mass is 79.9. The summed E-state index contributed by atoms with van der Waals surface area (Å²) in [6.45, 7) is -0.631. The standard InChI is InChI=1S/C26H19BrF2N8O3/c27-15-6-18(11-31-8-15)34-26(40)21-7-16(28)12-36(21)23(38)13-37-20-3-1-14(5-19(20)24(35-37)25(30)39)2-4-22-32-9-17(29)10-33-22/h1,3,5-6,8-11,16,21H,7,12-13H2,(H2,30,39)(H,34,40)/t16-,21+/m1/s1. The Morgan fingerprint density at radius 2 is 1.90 bits per heavy atom. The minimum atomic E-state index is -1.39. The second-order valence-corrected chi connectivity index (χ2v) is 9.77. The number of likely N-dealkylation sites (tertiary alicyclic amines) is 1. The van der Waals surface area contributed by atoms with Gasteiger partial charge in [-0.1, -0.05) is 5.92 Å². The van der Waals surface area contributed by atoms with Crippen LogP contribution in [0.15, 0.2) is 53.5 Å². The first-order valence-corrected chi connectivity index (χ1v) is 12.6. The number of anilines is 1. The SMILES string of the molecule is NC(=O)c1nn(CC(=O)N2C[C@H](F)C[C@H]2C(=O)Nc2cncc(Br)c2)c2ccc(C#Cc3ncc(F)cn3)cc12. The number of hydrogen-bond donors (Lipinski definition) is 2. The molecule has 2 atom stereocenters. The Morgan fingerprint density at radius 3 is 2.62 bits per heavy atom. The number of nitrogens with zero attached hydrogens (tertiary/aromatic N) is 6. The molecular weight excluding hydrogens is 590 g/mol. The minimum absolute atomic E-state index is 0.0919. The van der Waals surface area contributed by atoms with Crippen LogP contribution in [0.2, 0.25) is 0 Å². The lowest BCUT2D eigenvalue weighted by atomic mass is 10.1. The molecule has 14 heteroatoms. The highest BCUT2D eigenvalue weighted by Gasteiger charge is 2.40. The molecule has 3 N–H and O–H groups in total. The number of benzene rings is 1. The zero-order valence-electron chi connectivity index (χ0n) is 20.5. The summed E-state index contributed by atoms with van der Waals surface area (Å²) in [5, 5.41) is 7.21. The molecule has 1 aliphatic rings. The summed E-state index contributed by atoms with van der Waals surface area (Å²) >= 11 is 3.27. The van der Waals surface area contributed by atoms with Gasteiger partial charge in [-0.3, -0.25) is 24.0 Å². The monoisotopic (exact) mass is 608 g/mol. The van der Waals surface area contributed by atoms with Gasteiger partial charge in [0.05, 0.1) is 36.3 Å². The van der Waals surface area contributed by atoms with Crippen LogP contribution >= 0.6 is 15.9 Å². The Kier molecular flexibility index (Phi) is 7.47. The van der Waals surface area contributed by atoms with Gasteiger partial charge in [0.2, 0.25) is 17.6 Å². The van der Waals surface area contributed by atoms with Crippen molar-refractivity contribution in [1.82, 2.24) is 29.6 Å². The molecule has 5 rings (SSSR count). The van der Waals surface area contributed by atoms with Crippen molar-refractivity contribution in [2.45, 2.75) is 25.2 Å². The lowest BCUT2D eigenvalue weighted by Gasteiger charge is -2.23. The maximum Gasteiger partial charge on any atom is 0.269 e. The molecule has 1 aromatic carbocycles. The number of fused-ring (bicyclic) bond motifs is 1. The molecule has 0 bridgehead atoms. The van der Waals surface area contributed by atoms with E-state index >= 15 is 0 Å². The van der Waals surface area contributed by atoms with Gasteiger partial charge in [0.15, 0.2) is 11.5 Å². The number of primary amides is 1. The average molecular weight is 609 g/mol. The first kappa shape index (κ1) is 26.8. The Hall–Kier alpha value is -4.77. The number of halogens is 3. The predicted octanol–water partition coefficient (Wildman–Crippen LogP) is 2.20. The number of pyridine rings is 1. The molecule has 1 fully saturated rings. The van der Waals surface area contributed by atoms with Crippen LogP contribution in [-0.4, -0.2) is 66.1 Å². The third kappa shape index (κ3) is 5.79. The lowest BCUT2D eigenvalue weighted by molar-refractivity contribution is -0.137. The molecule has 4 aromatic rings. The zero-order valence-corrected chi connectivity index (χ0v) is 22.1. The van der Waals surface area contributed by atoms with Gasteiger partial charge in [0.1, 0.15) is 18.8 Å². The van der Waals surface area contributed by atoms with Gasteiger partial charge in [0.25, 0.3) is 5.91 Å². The number of nitrogens with two attached hydrogens (primary N) is 1. The Bertz CT molecular complexity index is 1700. The quantitative estimate of drug-likeness (QED) is 0.330. The molecule has 202 valence electrons. The number of hydrogen-bond acceptors (Lipinski definition) is 7. The maximum absolute atomic E-state index is 14.4. The van der Waals surface area contributed by atoms with Crippen molar-refractivity contribution < 1.29 is 23.2 Å². The van der Waals surface area contributed by atoms with Crippen molar-refractivity contribution in [3.63, 3.8) is 0 Å². The molecule has 0 aliphatic carbocycles. The molecule has 3 amide bonds. The predicted molar refractivity (Wildman–Crippen MR) is 142 cm³/mol. The number of carbonyl (C=O) groups is 3. The van der Waals surface area contributed by atoms with Crippen molar-refractivity contribution in [1.29, 1.82) is 0 Å². The number of rotatable bonds is 5. The summed E-state index contributed by atoms with van der Waals surface area (Å²) in [4.78, 5) is 51.0. The molecule has 0 radical (unpaired) electrons. The van der Waals surface area contributed by atoms with Crippen LogP contribution in [-0.2, 0) is 16.1 Å². The van der Waals surface area contributed by atoms with Crippen LogP contribution in [0.3, 0.4) is 0 Å². The first-order valence-electron chi connectivity index (χ1n) is 11.8. The first-order chi connectivity index (χ1) is 19.2. The topological polar surface area (TPSA) is 149 Å². The fraction of sp³-hybridized carbons (Fsp3) is 0.192. The lowest BCUT2D eigenvalue weighted by Crippen LogP contribution is -2.44. The van der Waals surface area contributed by atoms with Crippen molar-refractivity contribution >= 4 is 50.2 Å². The van der Waals surface area contributed by atoms with Crippen molar-refractivity contribution in [2.24, 2.45) is 5.73 Å². The van der Waals surface area contributed by atoms with Crippen LogP contribution in [0.4, 0.5) is 14.5 Å². The van der Waals surface area contributed by atoms with Gasteiger partial charge in [-0.2, -0.15) is 5.10 Å². The van der Waals surface area contributed by atoms with Gasteiger partial charge in [-0.05, 0) is 46.1 Å². The molecular formula is C26H19BrF2N8O3. The number of carbonyl (C=O) groups excluding carboxylic acids is 3. The van der Waals surface area contributed by atoms with Gasteiger partial charge >= 0.3 is 0 Å². The van der Waals surface area contributed by atoms with Crippen LogP contribution < -0.4 is 11.1 Å². The Balaban J connectivity index is 1.38. The number of alkyl halides is 1.